The van der Waals surface area contributed by atoms with Crippen LogP contribution in [0, 0.1) is 0 Å². The number of rotatable bonds is 6. The van der Waals surface area contributed by atoms with Crippen molar-refractivity contribution in [3.8, 4) is 0 Å². The van der Waals surface area contributed by atoms with Crippen molar-refractivity contribution in [2.45, 2.75) is 64.8 Å². The van der Waals surface area contributed by atoms with Gasteiger partial charge >= 0.3 is 0 Å². The molecule has 0 atom stereocenters. The van der Waals surface area contributed by atoms with E-state index in [0.717, 1.165) is 31.2 Å². The lowest BCUT2D eigenvalue weighted by Crippen LogP contribution is -2.38. The van der Waals surface area contributed by atoms with Gasteiger partial charge in [0.2, 0.25) is 0 Å². The smallest absolute Gasteiger partial charge is 0.191 e. The van der Waals surface area contributed by atoms with Gasteiger partial charge in [0.05, 0.1) is 17.2 Å². The summed E-state index contributed by atoms with van der Waals surface area (Å²) in [7, 11) is 1.83. The highest BCUT2D eigenvalue weighted by Crippen LogP contribution is 2.25. The van der Waals surface area contributed by atoms with Crippen molar-refractivity contribution in [1.29, 1.82) is 0 Å². The summed E-state index contributed by atoms with van der Waals surface area (Å²) in [5.74, 6) is 0.862. The molecule has 150 valence electrons. The van der Waals surface area contributed by atoms with E-state index < -0.39 is 0 Å². The average molecular weight is 494 g/mol. The average Bonchev–Trinajstić information content (AvgIpc) is 2.91. The summed E-state index contributed by atoms with van der Waals surface area (Å²) < 4.78 is 0. The fourth-order valence-corrected chi connectivity index (χ4v) is 3.90. The third kappa shape index (κ3) is 8.52. The molecule has 1 saturated heterocycles. The summed E-state index contributed by atoms with van der Waals surface area (Å²) in [6.45, 7) is 12.0. The summed E-state index contributed by atoms with van der Waals surface area (Å²) >= 11 is 1.74. The highest BCUT2D eigenvalue weighted by atomic mass is 127. The summed E-state index contributed by atoms with van der Waals surface area (Å²) in [5, 5.41) is 10.1. The SMILES string of the molecule is CN=C(NCCCN1CCCCCC1)NCc1csc(C(C)(C)C)n1.I. The molecule has 0 bridgehead atoms. The Hall–Kier alpha value is -0.410. The van der Waals surface area contributed by atoms with Gasteiger partial charge < -0.3 is 15.5 Å². The quantitative estimate of drug-likeness (QED) is 0.272. The van der Waals surface area contributed by atoms with E-state index >= 15 is 0 Å². The lowest BCUT2D eigenvalue weighted by molar-refractivity contribution is 0.282. The maximum Gasteiger partial charge on any atom is 0.191 e. The van der Waals surface area contributed by atoms with Gasteiger partial charge in [-0.05, 0) is 38.9 Å². The minimum atomic E-state index is 0. The van der Waals surface area contributed by atoms with Crippen LogP contribution in [0.25, 0.3) is 0 Å². The molecule has 0 amide bonds. The zero-order valence-corrected chi connectivity index (χ0v) is 20.0. The molecule has 1 aromatic heterocycles. The topological polar surface area (TPSA) is 52.6 Å². The Bertz CT molecular complexity index is 530. The minimum absolute atomic E-state index is 0. The van der Waals surface area contributed by atoms with Crippen LogP contribution in [-0.2, 0) is 12.0 Å². The molecular weight excluding hydrogens is 457 g/mol. The molecule has 26 heavy (non-hydrogen) atoms. The molecule has 1 aliphatic heterocycles. The first-order chi connectivity index (χ1) is 12.0. The second-order valence-electron chi connectivity index (χ2n) is 7.86. The first-order valence-corrected chi connectivity index (χ1v) is 10.5. The molecule has 1 aromatic rings. The third-order valence-electron chi connectivity index (χ3n) is 4.50. The van der Waals surface area contributed by atoms with Gasteiger partial charge in [-0.3, -0.25) is 4.99 Å². The Labute approximate surface area is 180 Å². The van der Waals surface area contributed by atoms with Gasteiger partial charge in [-0.2, -0.15) is 0 Å². The van der Waals surface area contributed by atoms with E-state index in [1.165, 1.54) is 50.3 Å². The van der Waals surface area contributed by atoms with Gasteiger partial charge in [0, 0.05) is 24.4 Å². The van der Waals surface area contributed by atoms with Crippen LogP contribution in [0.3, 0.4) is 0 Å². The van der Waals surface area contributed by atoms with E-state index in [0.29, 0.717) is 0 Å². The van der Waals surface area contributed by atoms with Crippen molar-refractivity contribution in [1.82, 2.24) is 20.5 Å². The molecule has 0 spiro atoms. The third-order valence-corrected chi connectivity index (χ3v) is 5.81. The molecule has 2 heterocycles. The fourth-order valence-electron chi connectivity index (χ4n) is 3.00. The number of hydrogen-bond donors (Lipinski definition) is 2. The molecule has 0 aromatic carbocycles. The van der Waals surface area contributed by atoms with Crippen LogP contribution in [0.1, 0.15) is 63.6 Å². The van der Waals surface area contributed by atoms with E-state index in [9.17, 15) is 0 Å². The number of aliphatic imine (C=N–C) groups is 1. The maximum absolute atomic E-state index is 4.72. The van der Waals surface area contributed by atoms with Crippen LogP contribution in [0.4, 0.5) is 0 Å². The molecule has 2 N–H and O–H groups in total. The number of hydrogen-bond acceptors (Lipinski definition) is 4. The van der Waals surface area contributed by atoms with Crippen molar-refractivity contribution in [2.24, 2.45) is 4.99 Å². The zero-order chi connectivity index (χ0) is 18.1. The Morgan fingerprint density at radius 1 is 1.19 bits per heavy atom. The van der Waals surface area contributed by atoms with E-state index in [1.807, 2.05) is 7.05 Å². The van der Waals surface area contributed by atoms with Crippen LogP contribution >= 0.6 is 35.3 Å². The molecule has 1 fully saturated rings. The molecule has 1 aliphatic rings. The first-order valence-electron chi connectivity index (χ1n) is 9.61. The number of aromatic nitrogens is 1. The van der Waals surface area contributed by atoms with E-state index in [-0.39, 0.29) is 29.4 Å². The molecule has 0 saturated carbocycles. The van der Waals surface area contributed by atoms with Gasteiger partial charge in [-0.25, -0.2) is 4.98 Å². The highest BCUT2D eigenvalue weighted by Gasteiger charge is 2.17. The molecule has 0 aliphatic carbocycles. The lowest BCUT2D eigenvalue weighted by Gasteiger charge is -2.20. The minimum Gasteiger partial charge on any atom is -0.356 e. The summed E-state index contributed by atoms with van der Waals surface area (Å²) in [6.07, 6.45) is 6.69. The van der Waals surface area contributed by atoms with E-state index in [2.05, 4.69) is 46.7 Å². The van der Waals surface area contributed by atoms with Crippen LogP contribution in [0.5, 0.6) is 0 Å². The number of thiazole rings is 1. The van der Waals surface area contributed by atoms with Crippen LogP contribution in [0.15, 0.2) is 10.4 Å². The van der Waals surface area contributed by atoms with E-state index in [4.69, 9.17) is 4.98 Å². The Balaban J connectivity index is 0.00000338. The Kier molecular flexibility index (Phi) is 11.0. The lowest BCUT2D eigenvalue weighted by atomic mass is 9.98. The first kappa shape index (κ1) is 23.6. The van der Waals surface area contributed by atoms with Crippen molar-refractivity contribution in [2.75, 3.05) is 33.2 Å². The number of halogens is 1. The van der Waals surface area contributed by atoms with Gasteiger partial charge in [-0.15, -0.1) is 35.3 Å². The molecular formula is C19H36IN5S. The largest absolute Gasteiger partial charge is 0.356 e. The standard InChI is InChI=1S/C19H35N5S.HI/c1-19(2,3)17-23-16(15-25-17)14-22-18(20-4)21-10-9-13-24-11-7-5-6-8-12-24;/h15H,5-14H2,1-4H3,(H2,20,21,22);1H. The maximum atomic E-state index is 4.72. The van der Waals surface area contributed by atoms with Crippen molar-refractivity contribution >= 4 is 41.3 Å². The molecule has 7 heteroatoms. The molecule has 2 rings (SSSR count). The van der Waals surface area contributed by atoms with Crippen LogP contribution < -0.4 is 10.6 Å². The summed E-state index contributed by atoms with van der Waals surface area (Å²) in [6, 6.07) is 0. The number of nitrogens with one attached hydrogen (secondary N) is 2. The van der Waals surface area contributed by atoms with Crippen LogP contribution in [0.2, 0.25) is 0 Å². The normalized spacial score (nSPS) is 16.7. The highest BCUT2D eigenvalue weighted by molar-refractivity contribution is 14.0. The summed E-state index contributed by atoms with van der Waals surface area (Å²) in [4.78, 5) is 11.6. The van der Waals surface area contributed by atoms with Crippen molar-refractivity contribution in [3.05, 3.63) is 16.1 Å². The second-order valence-corrected chi connectivity index (χ2v) is 8.71. The summed E-state index contributed by atoms with van der Waals surface area (Å²) in [5.41, 5.74) is 1.21. The fraction of sp³-hybridized carbons (Fsp3) is 0.789. The van der Waals surface area contributed by atoms with Gasteiger partial charge in [0.1, 0.15) is 0 Å². The monoisotopic (exact) mass is 493 g/mol. The Morgan fingerprint density at radius 2 is 1.88 bits per heavy atom. The van der Waals surface area contributed by atoms with Crippen molar-refractivity contribution < 1.29 is 0 Å². The van der Waals surface area contributed by atoms with Gasteiger partial charge in [0.15, 0.2) is 5.96 Å². The zero-order valence-electron chi connectivity index (χ0n) is 16.8. The van der Waals surface area contributed by atoms with Crippen molar-refractivity contribution in [3.63, 3.8) is 0 Å². The molecule has 0 unspecified atom stereocenters. The molecule has 0 radical (unpaired) electrons. The van der Waals surface area contributed by atoms with E-state index in [1.54, 1.807) is 11.3 Å². The van der Waals surface area contributed by atoms with Gasteiger partial charge in [0.25, 0.3) is 0 Å². The predicted octanol–water partition coefficient (Wildman–Crippen LogP) is 3.99. The number of likely N-dealkylation sites (tertiary alicyclic amines) is 1. The predicted molar refractivity (Wildman–Crippen MR) is 124 cm³/mol. The Morgan fingerprint density at radius 3 is 2.46 bits per heavy atom. The van der Waals surface area contributed by atoms with Crippen LogP contribution in [-0.4, -0.2) is 49.1 Å². The molecule has 5 nitrogen and oxygen atoms in total. The number of guanidine groups is 1. The second kappa shape index (κ2) is 12.1. The van der Waals surface area contributed by atoms with Gasteiger partial charge in [-0.1, -0.05) is 33.6 Å². The number of nitrogens with zero attached hydrogens (tertiary/aromatic N) is 3.